The summed E-state index contributed by atoms with van der Waals surface area (Å²) in [5, 5.41) is 4.17. The third-order valence-electron chi connectivity index (χ3n) is 2.72. The molecule has 0 aliphatic carbocycles. The smallest absolute Gasteiger partial charge is 0.0474 e. The van der Waals surface area contributed by atoms with Crippen LogP contribution in [-0.2, 0) is 19.0 Å². The van der Waals surface area contributed by atoms with Gasteiger partial charge in [-0.25, -0.2) is 0 Å². The number of halogens is 2. The van der Waals surface area contributed by atoms with Gasteiger partial charge in [0.25, 0.3) is 0 Å². The van der Waals surface area contributed by atoms with Crippen molar-refractivity contribution in [2.75, 3.05) is 0 Å². The predicted molar refractivity (Wildman–Crippen MR) is 78.0 cm³/mol. The summed E-state index contributed by atoms with van der Waals surface area (Å²) in [5.74, 6) is 0.561. The second kappa shape index (κ2) is 6.79. The summed E-state index contributed by atoms with van der Waals surface area (Å²) < 4.78 is 0. The molecule has 0 heterocycles. The summed E-state index contributed by atoms with van der Waals surface area (Å²) in [5.41, 5.74) is 3.64. The summed E-state index contributed by atoms with van der Waals surface area (Å²) in [6, 6.07) is 16.2. The molecule has 0 radical (unpaired) electrons. The van der Waals surface area contributed by atoms with Crippen molar-refractivity contribution in [3.05, 3.63) is 70.2 Å². The molecule has 0 fully saturated rings. The van der Waals surface area contributed by atoms with Gasteiger partial charge in [-0.3, -0.25) is 0 Å². The lowest BCUT2D eigenvalue weighted by Gasteiger charge is -2.06. The summed E-state index contributed by atoms with van der Waals surface area (Å²) in [7, 11) is 0. The molecule has 0 unspecified atom stereocenters. The number of benzene rings is 2. The fraction of sp³-hybridized carbons (Fsp3) is 0.200. The van der Waals surface area contributed by atoms with Crippen molar-refractivity contribution < 1.29 is 0 Å². The number of hydrogen-bond donors (Lipinski definition) is 1. The van der Waals surface area contributed by atoms with E-state index in [1.807, 2.05) is 36.4 Å². The minimum atomic E-state index is 0.561. The van der Waals surface area contributed by atoms with Crippen molar-refractivity contribution in [1.29, 1.82) is 0 Å². The number of rotatable bonds is 5. The van der Waals surface area contributed by atoms with Gasteiger partial charge in [-0.1, -0.05) is 48.0 Å². The van der Waals surface area contributed by atoms with Crippen LogP contribution in [-0.4, -0.2) is 0 Å². The molecule has 18 heavy (non-hydrogen) atoms. The number of alkyl halides is 1. The molecule has 1 N–H and O–H groups in total. The Kier molecular flexibility index (Phi) is 5.06. The van der Waals surface area contributed by atoms with Crippen LogP contribution in [0.5, 0.6) is 0 Å². The minimum Gasteiger partial charge on any atom is -0.309 e. The molecular formula is C15H15Cl2N. The first-order valence-corrected chi connectivity index (χ1v) is 6.78. The second-order valence-electron chi connectivity index (χ2n) is 4.18. The Bertz CT molecular complexity index is 494. The molecule has 0 aromatic heterocycles. The van der Waals surface area contributed by atoms with Crippen LogP contribution in [0.3, 0.4) is 0 Å². The van der Waals surface area contributed by atoms with Crippen LogP contribution < -0.4 is 5.32 Å². The maximum atomic E-state index is 5.84. The summed E-state index contributed by atoms with van der Waals surface area (Å²) in [6.07, 6.45) is 0. The molecule has 2 aromatic carbocycles. The first kappa shape index (κ1) is 13.4. The summed E-state index contributed by atoms with van der Waals surface area (Å²) in [6.45, 7) is 1.68. The predicted octanol–water partition coefficient (Wildman–Crippen LogP) is 4.37. The average molecular weight is 280 g/mol. The average Bonchev–Trinajstić information content (AvgIpc) is 2.41. The van der Waals surface area contributed by atoms with Gasteiger partial charge >= 0.3 is 0 Å². The Morgan fingerprint density at radius 2 is 1.50 bits per heavy atom. The minimum absolute atomic E-state index is 0.561. The van der Waals surface area contributed by atoms with E-state index >= 15 is 0 Å². The van der Waals surface area contributed by atoms with E-state index in [-0.39, 0.29) is 0 Å². The molecule has 0 saturated heterocycles. The molecule has 0 aliphatic heterocycles. The van der Waals surface area contributed by atoms with Crippen LogP contribution in [0, 0.1) is 0 Å². The van der Waals surface area contributed by atoms with Gasteiger partial charge in [0, 0.05) is 24.0 Å². The van der Waals surface area contributed by atoms with Gasteiger partial charge in [0.05, 0.1) is 0 Å². The number of hydrogen-bond acceptors (Lipinski definition) is 1. The normalized spacial score (nSPS) is 10.6. The maximum Gasteiger partial charge on any atom is 0.0474 e. The Hall–Kier alpha value is -1.02. The quantitative estimate of drug-likeness (QED) is 0.802. The molecule has 0 amide bonds. The van der Waals surface area contributed by atoms with Gasteiger partial charge in [-0.2, -0.15) is 0 Å². The van der Waals surface area contributed by atoms with Crippen molar-refractivity contribution in [1.82, 2.24) is 5.32 Å². The van der Waals surface area contributed by atoms with Crippen LogP contribution in [0.25, 0.3) is 0 Å². The molecule has 2 aromatic rings. The van der Waals surface area contributed by atoms with E-state index in [1.165, 1.54) is 11.1 Å². The van der Waals surface area contributed by atoms with Crippen molar-refractivity contribution >= 4 is 23.2 Å². The maximum absolute atomic E-state index is 5.84. The third-order valence-corrected chi connectivity index (χ3v) is 3.28. The monoisotopic (exact) mass is 279 g/mol. The summed E-state index contributed by atoms with van der Waals surface area (Å²) >= 11 is 11.7. The van der Waals surface area contributed by atoms with Crippen LogP contribution >= 0.6 is 23.2 Å². The first-order chi connectivity index (χ1) is 8.78. The number of nitrogens with one attached hydrogen (secondary N) is 1. The van der Waals surface area contributed by atoms with Crippen molar-refractivity contribution in [3.63, 3.8) is 0 Å². The highest BCUT2D eigenvalue weighted by Gasteiger charge is 1.96. The highest BCUT2D eigenvalue weighted by Crippen LogP contribution is 2.10. The van der Waals surface area contributed by atoms with Crippen molar-refractivity contribution in [2.45, 2.75) is 19.0 Å². The van der Waals surface area contributed by atoms with Gasteiger partial charge < -0.3 is 5.32 Å². The van der Waals surface area contributed by atoms with Crippen LogP contribution in [0.2, 0.25) is 5.02 Å². The largest absolute Gasteiger partial charge is 0.309 e. The molecule has 1 nitrogen and oxygen atoms in total. The van der Waals surface area contributed by atoms with Gasteiger partial charge in [0.2, 0.25) is 0 Å². The molecule has 2 rings (SSSR count). The highest BCUT2D eigenvalue weighted by molar-refractivity contribution is 6.30. The van der Waals surface area contributed by atoms with Gasteiger partial charge in [0.15, 0.2) is 0 Å². The zero-order chi connectivity index (χ0) is 12.8. The fourth-order valence-electron chi connectivity index (χ4n) is 1.78. The molecule has 0 atom stereocenters. The summed E-state index contributed by atoms with van der Waals surface area (Å²) in [4.78, 5) is 0. The Balaban J connectivity index is 1.86. The molecule has 94 valence electrons. The Labute approximate surface area is 118 Å². The van der Waals surface area contributed by atoms with Crippen LogP contribution in [0.15, 0.2) is 48.5 Å². The molecule has 0 bridgehead atoms. The highest BCUT2D eigenvalue weighted by atomic mass is 35.5. The topological polar surface area (TPSA) is 12.0 Å². The van der Waals surface area contributed by atoms with Gasteiger partial charge in [0.1, 0.15) is 0 Å². The van der Waals surface area contributed by atoms with E-state index in [0.717, 1.165) is 23.7 Å². The standard InChI is InChI=1S/C15H15Cl2N/c16-9-13-2-1-3-14(8-13)11-18-10-12-4-6-15(17)7-5-12/h1-8,18H,9-11H2. The molecule has 0 aliphatic rings. The lowest BCUT2D eigenvalue weighted by atomic mass is 10.1. The molecule has 0 spiro atoms. The van der Waals surface area contributed by atoms with Crippen LogP contribution in [0.1, 0.15) is 16.7 Å². The van der Waals surface area contributed by atoms with E-state index in [9.17, 15) is 0 Å². The Morgan fingerprint density at radius 1 is 0.833 bits per heavy atom. The zero-order valence-electron chi connectivity index (χ0n) is 10.00. The third kappa shape index (κ3) is 4.02. The first-order valence-electron chi connectivity index (χ1n) is 5.87. The van der Waals surface area contributed by atoms with Gasteiger partial charge in [-0.15, -0.1) is 11.6 Å². The fourth-order valence-corrected chi connectivity index (χ4v) is 2.07. The SMILES string of the molecule is ClCc1cccc(CNCc2ccc(Cl)cc2)c1. The van der Waals surface area contributed by atoms with E-state index < -0.39 is 0 Å². The van der Waals surface area contributed by atoms with E-state index in [0.29, 0.717) is 5.88 Å². The van der Waals surface area contributed by atoms with Crippen molar-refractivity contribution in [3.8, 4) is 0 Å². The lowest BCUT2D eigenvalue weighted by molar-refractivity contribution is 0.693. The molecule has 0 saturated carbocycles. The van der Waals surface area contributed by atoms with Gasteiger partial charge in [-0.05, 0) is 28.8 Å². The van der Waals surface area contributed by atoms with Crippen molar-refractivity contribution in [2.24, 2.45) is 0 Å². The molecular weight excluding hydrogens is 265 g/mol. The Morgan fingerprint density at radius 3 is 2.22 bits per heavy atom. The second-order valence-corrected chi connectivity index (χ2v) is 4.89. The molecule has 3 heteroatoms. The van der Waals surface area contributed by atoms with E-state index in [4.69, 9.17) is 23.2 Å². The lowest BCUT2D eigenvalue weighted by Crippen LogP contribution is -2.12. The van der Waals surface area contributed by atoms with E-state index in [2.05, 4.69) is 17.4 Å². The van der Waals surface area contributed by atoms with E-state index in [1.54, 1.807) is 0 Å². The zero-order valence-corrected chi connectivity index (χ0v) is 11.5. The van der Waals surface area contributed by atoms with Crippen LogP contribution in [0.4, 0.5) is 0 Å².